The first-order valence-corrected chi connectivity index (χ1v) is 7.55. The average molecular weight is 279 g/mol. The summed E-state index contributed by atoms with van der Waals surface area (Å²) in [7, 11) is 0. The number of benzene rings is 1. The Morgan fingerprint density at radius 3 is 2.50 bits per heavy atom. The summed E-state index contributed by atoms with van der Waals surface area (Å²) in [4.78, 5) is 13.4. The molecule has 110 valence electrons. The van der Waals surface area contributed by atoms with Crippen LogP contribution >= 0.6 is 0 Å². The van der Waals surface area contributed by atoms with Crippen LogP contribution in [0.5, 0.6) is 0 Å². The van der Waals surface area contributed by atoms with E-state index in [0.717, 1.165) is 13.1 Å². The van der Waals surface area contributed by atoms with E-state index in [9.17, 15) is 9.18 Å². The Bertz CT molecular complexity index is 454. The minimum atomic E-state index is -0.276. The number of carbonyl (C=O) groups excluding carboxylic acids is 1. The first kappa shape index (κ1) is 15.0. The lowest BCUT2D eigenvalue weighted by Crippen LogP contribution is -3.13. The molecule has 0 saturated carbocycles. The third-order valence-corrected chi connectivity index (χ3v) is 3.93. The quantitative estimate of drug-likeness (QED) is 0.871. The van der Waals surface area contributed by atoms with Crippen molar-refractivity contribution >= 4 is 11.6 Å². The molecule has 1 aromatic rings. The van der Waals surface area contributed by atoms with Gasteiger partial charge in [-0.25, -0.2) is 4.39 Å². The molecular formula is C16H24FN2O+. The monoisotopic (exact) mass is 279 g/mol. The van der Waals surface area contributed by atoms with Crippen molar-refractivity contribution in [1.29, 1.82) is 0 Å². The van der Waals surface area contributed by atoms with Crippen LogP contribution in [0.1, 0.15) is 37.7 Å². The van der Waals surface area contributed by atoms with Gasteiger partial charge in [0.1, 0.15) is 5.82 Å². The van der Waals surface area contributed by atoms with Crippen molar-refractivity contribution in [3.05, 3.63) is 29.6 Å². The van der Waals surface area contributed by atoms with Gasteiger partial charge in [-0.1, -0.05) is 12.5 Å². The van der Waals surface area contributed by atoms with Crippen molar-refractivity contribution in [2.24, 2.45) is 0 Å². The van der Waals surface area contributed by atoms with E-state index in [4.69, 9.17) is 0 Å². The van der Waals surface area contributed by atoms with Gasteiger partial charge in [0, 0.05) is 5.69 Å². The van der Waals surface area contributed by atoms with E-state index in [1.165, 1.54) is 43.1 Å². The number of likely N-dealkylation sites (tertiary alicyclic amines) is 1. The van der Waals surface area contributed by atoms with E-state index < -0.39 is 0 Å². The Labute approximate surface area is 120 Å². The molecule has 4 heteroatoms. The number of amides is 1. The summed E-state index contributed by atoms with van der Waals surface area (Å²) < 4.78 is 13.4. The number of quaternary nitrogens is 1. The van der Waals surface area contributed by atoms with E-state index in [0.29, 0.717) is 17.8 Å². The van der Waals surface area contributed by atoms with Gasteiger partial charge in [-0.2, -0.15) is 0 Å². The van der Waals surface area contributed by atoms with Gasteiger partial charge >= 0.3 is 0 Å². The standard InChI is InChI=1S/C16H23FN2O/c1-13-7-8-14(11-15(13)17)18-16(20)12-19-9-5-3-2-4-6-10-19/h7-8,11H,2-6,9-10,12H2,1H3,(H,18,20)/p+1. The second-order valence-corrected chi connectivity index (χ2v) is 5.71. The number of rotatable bonds is 3. The number of carbonyl (C=O) groups is 1. The lowest BCUT2D eigenvalue weighted by Gasteiger charge is -2.21. The summed E-state index contributed by atoms with van der Waals surface area (Å²) in [5.74, 6) is -0.301. The second-order valence-electron chi connectivity index (χ2n) is 5.71. The van der Waals surface area contributed by atoms with Crippen molar-refractivity contribution in [3.63, 3.8) is 0 Å². The van der Waals surface area contributed by atoms with Crippen LogP contribution in [0.15, 0.2) is 18.2 Å². The predicted molar refractivity (Wildman–Crippen MR) is 78.4 cm³/mol. The van der Waals surface area contributed by atoms with Crippen LogP contribution in [0.2, 0.25) is 0 Å². The van der Waals surface area contributed by atoms with Gasteiger partial charge < -0.3 is 10.2 Å². The van der Waals surface area contributed by atoms with E-state index in [1.54, 1.807) is 19.1 Å². The van der Waals surface area contributed by atoms with Crippen molar-refractivity contribution in [1.82, 2.24) is 0 Å². The number of hydrogen-bond acceptors (Lipinski definition) is 1. The van der Waals surface area contributed by atoms with Crippen LogP contribution in [0.4, 0.5) is 10.1 Å². The first-order chi connectivity index (χ1) is 9.65. The summed E-state index contributed by atoms with van der Waals surface area (Å²) in [5.41, 5.74) is 1.14. The van der Waals surface area contributed by atoms with Gasteiger partial charge in [0.25, 0.3) is 5.91 Å². The molecule has 1 amide bonds. The molecule has 0 radical (unpaired) electrons. The minimum Gasteiger partial charge on any atom is -0.327 e. The average Bonchev–Trinajstić information content (AvgIpc) is 2.37. The Hall–Kier alpha value is -1.42. The Morgan fingerprint density at radius 1 is 1.20 bits per heavy atom. The van der Waals surface area contributed by atoms with Crippen LogP contribution < -0.4 is 10.2 Å². The lowest BCUT2D eigenvalue weighted by atomic mass is 10.1. The number of nitrogens with one attached hydrogen (secondary N) is 2. The zero-order valence-electron chi connectivity index (χ0n) is 12.2. The largest absolute Gasteiger partial charge is 0.327 e. The molecule has 0 spiro atoms. The van der Waals surface area contributed by atoms with Crippen LogP contribution in [0.3, 0.4) is 0 Å². The van der Waals surface area contributed by atoms with Gasteiger partial charge in [0.05, 0.1) is 13.1 Å². The molecule has 1 heterocycles. The maximum absolute atomic E-state index is 13.4. The molecule has 1 aromatic carbocycles. The first-order valence-electron chi connectivity index (χ1n) is 7.55. The lowest BCUT2D eigenvalue weighted by molar-refractivity contribution is -0.892. The highest BCUT2D eigenvalue weighted by atomic mass is 19.1. The Balaban J connectivity index is 1.85. The molecule has 2 rings (SSSR count). The van der Waals surface area contributed by atoms with Gasteiger partial charge in [0.15, 0.2) is 6.54 Å². The summed E-state index contributed by atoms with van der Waals surface area (Å²) in [5, 5.41) is 2.79. The second kappa shape index (κ2) is 7.39. The van der Waals surface area contributed by atoms with E-state index in [1.807, 2.05) is 0 Å². The summed E-state index contributed by atoms with van der Waals surface area (Å²) in [6.07, 6.45) is 6.26. The predicted octanol–water partition coefficient (Wildman–Crippen LogP) is 1.92. The Morgan fingerprint density at radius 2 is 1.85 bits per heavy atom. The fourth-order valence-corrected chi connectivity index (χ4v) is 2.68. The normalized spacial score (nSPS) is 17.3. The molecule has 0 aromatic heterocycles. The zero-order chi connectivity index (χ0) is 14.4. The summed E-state index contributed by atoms with van der Waals surface area (Å²) in [6.45, 7) is 4.33. The van der Waals surface area contributed by atoms with Gasteiger partial charge in [-0.3, -0.25) is 4.79 Å². The van der Waals surface area contributed by atoms with Crippen molar-refractivity contribution in [3.8, 4) is 0 Å². The fraction of sp³-hybridized carbons (Fsp3) is 0.562. The molecule has 0 bridgehead atoms. The fourth-order valence-electron chi connectivity index (χ4n) is 2.68. The number of aryl methyl sites for hydroxylation is 1. The maximum atomic E-state index is 13.4. The molecule has 0 aliphatic carbocycles. The van der Waals surface area contributed by atoms with Gasteiger partial charge in [-0.15, -0.1) is 0 Å². The minimum absolute atomic E-state index is 0.0242. The topological polar surface area (TPSA) is 33.5 Å². The van der Waals surface area contributed by atoms with Crippen molar-refractivity contribution in [2.45, 2.75) is 39.0 Å². The highest BCUT2D eigenvalue weighted by Gasteiger charge is 2.15. The molecule has 1 fully saturated rings. The molecule has 3 nitrogen and oxygen atoms in total. The summed E-state index contributed by atoms with van der Waals surface area (Å²) in [6, 6.07) is 4.82. The smallest absolute Gasteiger partial charge is 0.279 e. The number of halogens is 1. The van der Waals surface area contributed by atoms with E-state index in [2.05, 4.69) is 5.32 Å². The van der Waals surface area contributed by atoms with Crippen molar-refractivity contribution < 1.29 is 14.1 Å². The molecule has 0 atom stereocenters. The number of anilines is 1. The SMILES string of the molecule is Cc1ccc(NC(=O)C[NH+]2CCCCCCC2)cc1F. The number of hydrogen-bond donors (Lipinski definition) is 2. The third kappa shape index (κ3) is 4.60. The van der Waals surface area contributed by atoms with Gasteiger partial charge in [-0.05, 0) is 50.3 Å². The van der Waals surface area contributed by atoms with Gasteiger partial charge in [0.2, 0.25) is 0 Å². The molecule has 20 heavy (non-hydrogen) atoms. The van der Waals surface area contributed by atoms with Crippen LogP contribution in [-0.4, -0.2) is 25.5 Å². The molecule has 1 saturated heterocycles. The highest BCUT2D eigenvalue weighted by Crippen LogP contribution is 2.13. The Kier molecular flexibility index (Phi) is 5.53. The maximum Gasteiger partial charge on any atom is 0.279 e. The molecule has 1 aliphatic rings. The van der Waals surface area contributed by atoms with Crippen molar-refractivity contribution in [2.75, 3.05) is 25.0 Å². The molecular weight excluding hydrogens is 255 g/mol. The third-order valence-electron chi connectivity index (χ3n) is 3.93. The van der Waals surface area contributed by atoms with Crippen LogP contribution in [-0.2, 0) is 4.79 Å². The summed E-state index contributed by atoms with van der Waals surface area (Å²) >= 11 is 0. The molecule has 0 unspecified atom stereocenters. The van der Waals surface area contributed by atoms with E-state index >= 15 is 0 Å². The highest BCUT2D eigenvalue weighted by molar-refractivity contribution is 5.91. The van der Waals surface area contributed by atoms with E-state index in [-0.39, 0.29) is 11.7 Å². The van der Waals surface area contributed by atoms with Crippen LogP contribution in [0.25, 0.3) is 0 Å². The molecule has 2 N–H and O–H groups in total. The van der Waals surface area contributed by atoms with Crippen LogP contribution in [0, 0.1) is 12.7 Å². The zero-order valence-corrected chi connectivity index (χ0v) is 12.2. The molecule has 1 aliphatic heterocycles.